The molecule has 0 saturated carbocycles. The summed E-state index contributed by atoms with van der Waals surface area (Å²) in [6, 6.07) is 170. The Balaban J connectivity index is 0.000000139. The van der Waals surface area contributed by atoms with Crippen molar-refractivity contribution in [3.8, 4) is 67.3 Å². The van der Waals surface area contributed by atoms with Crippen LogP contribution >= 0.6 is 0 Å². The Labute approximate surface area is 737 Å². The summed E-state index contributed by atoms with van der Waals surface area (Å²) in [6.07, 6.45) is 0. The molecule has 0 aliphatic rings. The summed E-state index contributed by atoms with van der Waals surface area (Å²) in [7, 11) is 0. The zero-order valence-electron chi connectivity index (χ0n) is 69.5. The minimum atomic E-state index is 0.902. The second-order valence-corrected chi connectivity index (χ2v) is 33.1. The molecule has 26 rings (SSSR count). The summed E-state index contributed by atoms with van der Waals surface area (Å²) < 4.78 is 22.1. The standard InChI is InChI=1S/2C60H39N3O/c1-2-13-43(14-3-1)62-57-23-10-6-17-51(57)54-39-42(29-38-58(54)62)40-25-30-44(31-26-40)61(45-32-27-41(28-33-45)48-19-12-20-53-52-18-7-11-24-59(52)64-60(48)53)46-34-36-47(37-35-46)63-55-21-8-4-15-49(55)50-16-5-9-22-56(50)63;1-2-12-44(13-3-1)62-57-20-10-6-16-51(57)53-38-42(26-36-58(53)62)40-22-28-45(29-23-40)61(46-30-24-41(25-31-46)43-27-37-60-54(39-43)52-17-7-11-21-59(52)64-60)47-32-34-48(35-33-47)63-55-18-8-4-14-49(55)50-15-5-9-19-56(50)63/h2*1-39H. The summed E-state index contributed by atoms with van der Waals surface area (Å²) >= 11 is 0. The van der Waals surface area contributed by atoms with Crippen molar-refractivity contribution in [2.75, 3.05) is 9.80 Å². The number of aromatic nitrogens is 4. The Morgan fingerprint density at radius 2 is 0.398 bits per heavy atom. The normalized spacial score (nSPS) is 11.8. The lowest BCUT2D eigenvalue weighted by Crippen LogP contribution is -2.10. The first-order valence-electron chi connectivity index (χ1n) is 43.7. The second kappa shape index (κ2) is 30.4. The molecule has 0 aliphatic carbocycles. The fraction of sp³-hybridized carbons (Fsp3) is 0. The van der Waals surface area contributed by atoms with E-state index in [4.69, 9.17) is 8.83 Å². The van der Waals surface area contributed by atoms with Crippen molar-refractivity contribution in [3.63, 3.8) is 0 Å². The van der Waals surface area contributed by atoms with Gasteiger partial charge in [-0.25, -0.2) is 0 Å². The van der Waals surface area contributed by atoms with Crippen LogP contribution < -0.4 is 9.80 Å². The molecule has 0 saturated heterocycles. The minimum absolute atomic E-state index is 0.902. The lowest BCUT2D eigenvalue weighted by atomic mass is 10.0. The molecule has 0 atom stereocenters. The van der Waals surface area contributed by atoms with Gasteiger partial charge in [0.05, 0.1) is 44.1 Å². The summed E-state index contributed by atoms with van der Waals surface area (Å²) in [6.45, 7) is 0. The third kappa shape index (κ3) is 12.4. The maximum atomic E-state index is 6.45. The summed E-state index contributed by atoms with van der Waals surface area (Å²) in [4.78, 5) is 4.70. The average molecular weight is 1640 g/mol. The summed E-state index contributed by atoms with van der Waals surface area (Å²) in [5.74, 6) is 0. The first-order chi connectivity index (χ1) is 63.5. The van der Waals surface area contributed by atoms with Crippen LogP contribution in [0.4, 0.5) is 34.1 Å². The van der Waals surface area contributed by atoms with Crippen molar-refractivity contribution >= 4 is 165 Å². The molecule has 0 radical (unpaired) electrons. The predicted molar refractivity (Wildman–Crippen MR) is 536 cm³/mol. The first-order valence-corrected chi connectivity index (χ1v) is 43.7. The Morgan fingerprint density at radius 1 is 0.148 bits per heavy atom. The average Bonchev–Trinajstić information content (AvgIpc) is 1.60. The molecular formula is C120H78N6O2. The Kier molecular flexibility index (Phi) is 17.5. The van der Waals surface area contributed by atoms with Crippen LogP contribution in [0.3, 0.4) is 0 Å². The summed E-state index contributed by atoms with van der Waals surface area (Å²) in [5, 5.41) is 14.5. The smallest absolute Gasteiger partial charge is 0.143 e. The number of hydrogen-bond donors (Lipinski definition) is 0. The van der Waals surface area contributed by atoms with Gasteiger partial charge in [0.1, 0.15) is 22.3 Å². The summed E-state index contributed by atoms with van der Waals surface area (Å²) in [5.41, 5.74) is 33.4. The molecule has 6 aromatic heterocycles. The van der Waals surface area contributed by atoms with E-state index in [-0.39, 0.29) is 0 Å². The molecule has 8 heteroatoms. The number of benzene rings is 20. The molecule has 26 aromatic rings. The van der Waals surface area contributed by atoms with Crippen LogP contribution in [-0.4, -0.2) is 18.3 Å². The molecule has 600 valence electrons. The fourth-order valence-electron chi connectivity index (χ4n) is 19.9. The second-order valence-electron chi connectivity index (χ2n) is 33.1. The van der Waals surface area contributed by atoms with Gasteiger partial charge in [-0.05, 0) is 245 Å². The number of rotatable bonds is 14. The molecule has 0 unspecified atom stereocenters. The van der Waals surface area contributed by atoms with Gasteiger partial charge >= 0.3 is 0 Å². The Hall–Kier alpha value is -17.2. The quantitative estimate of drug-likeness (QED) is 0.109. The van der Waals surface area contributed by atoms with Gasteiger partial charge in [-0.15, -0.1) is 0 Å². The van der Waals surface area contributed by atoms with Crippen LogP contribution in [0, 0.1) is 0 Å². The number of furan rings is 2. The third-order valence-electron chi connectivity index (χ3n) is 25.9. The lowest BCUT2D eigenvalue weighted by Gasteiger charge is -2.26. The third-order valence-corrected chi connectivity index (χ3v) is 25.9. The van der Waals surface area contributed by atoms with Crippen molar-refractivity contribution in [1.82, 2.24) is 18.3 Å². The highest BCUT2D eigenvalue weighted by atomic mass is 16.3. The van der Waals surface area contributed by atoms with E-state index < -0.39 is 0 Å². The number of nitrogens with zero attached hydrogens (tertiary/aromatic N) is 6. The van der Waals surface area contributed by atoms with Crippen molar-refractivity contribution in [2.45, 2.75) is 0 Å². The monoisotopic (exact) mass is 1630 g/mol. The topological polar surface area (TPSA) is 52.5 Å². The van der Waals surface area contributed by atoms with Crippen molar-refractivity contribution < 1.29 is 8.83 Å². The van der Waals surface area contributed by atoms with Gasteiger partial charge in [0, 0.05) is 127 Å². The maximum absolute atomic E-state index is 6.45. The van der Waals surface area contributed by atoms with Crippen LogP contribution in [0.5, 0.6) is 0 Å². The molecule has 0 bridgehead atoms. The van der Waals surface area contributed by atoms with E-state index in [0.29, 0.717) is 0 Å². The van der Waals surface area contributed by atoms with Gasteiger partial charge in [0.25, 0.3) is 0 Å². The minimum Gasteiger partial charge on any atom is -0.456 e. The van der Waals surface area contributed by atoms with Crippen LogP contribution in [0.25, 0.3) is 198 Å². The van der Waals surface area contributed by atoms with Gasteiger partial charge in [-0.3, -0.25) is 0 Å². The van der Waals surface area contributed by atoms with Crippen LogP contribution in [0.1, 0.15) is 0 Å². The molecule has 20 aromatic carbocycles. The molecule has 0 aliphatic heterocycles. The fourth-order valence-corrected chi connectivity index (χ4v) is 19.9. The molecule has 0 N–H and O–H groups in total. The Morgan fingerprint density at radius 3 is 0.773 bits per heavy atom. The van der Waals surface area contributed by atoms with Crippen molar-refractivity contribution in [2.24, 2.45) is 0 Å². The van der Waals surface area contributed by atoms with E-state index in [9.17, 15) is 0 Å². The van der Waals surface area contributed by atoms with Gasteiger partial charge in [-0.2, -0.15) is 0 Å². The number of anilines is 6. The number of hydrogen-bond acceptors (Lipinski definition) is 4. The Bertz CT molecular complexity index is 8660. The van der Waals surface area contributed by atoms with E-state index in [1.807, 2.05) is 24.3 Å². The first kappa shape index (κ1) is 73.5. The van der Waals surface area contributed by atoms with Crippen LogP contribution in [0.15, 0.2) is 482 Å². The molecule has 6 heterocycles. The largest absolute Gasteiger partial charge is 0.456 e. The van der Waals surface area contributed by atoms with E-state index >= 15 is 0 Å². The van der Waals surface area contributed by atoms with Gasteiger partial charge in [0.15, 0.2) is 0 Å². The molecular weight excluding hydrogens is 1560 g/mol. The van der Waals surface area contributed by atoms with E-state index in [0.717, 1.165) is 129 Å². The van der Waals surface area contributed by atoms with Crippen LogP contribution in [0.2, 0.25) is 0 Å². The van der Waals surface area contributed by atoms with E-state index in [1.165, 1.54) is 104 Å². The van der Waals surface area contributed by atoms with Gasteiger partial charge in [-0.1, -0.05) is 267 Å². The van der Waals surface area contributed by atoms with Crippen molar-refractivity contribution in [3.05, 3.63) is 473 Å². The molecule has 8 nitrogen and oxygen atoms in total. The maximum Gasteiger partial charge on any atom is 0.143 e. The highest BCUT2D eigenvalue weighted by molar-refractivity contribution is 6.15. The van der Waals surface area contributed by atoms with E-state index in [1.54, 1.807) is 0 Å². The van der Waals surface area contributed by atoms with Crippen LogP contribution in [-0.2, 0) is 0 Å². The molecule has 0 spiro atoms. The van der Waals surface area contributed by atoms with Crippen molar-refractivity contribution in [1.29, 1.82) is 0 Å². The highest BCUT2D eigenvalue weighted by Crippen LogP contribution is 2.46. The lowest BCUT2D eigenvalue weighted by molar-refractivity contribution is 0.669. The molecule has 128 heavy (non-hydrogen) atoms. The number of fused-ring (bicyclic) bond motifs is 18. The molecule has 0 amide bonds. The SMILES string of the molecule is c1ccc(-n2c3ccccc3c3cc(-c4ccc(N(c5ccc(-c6ccc7oc8ccccc8c7c6)cc5)c5ccc(-n6c7ccccc7c7ccccc76)cc5)cc4)ccc32)cc1.c1ccc(-n2c3ccccc3c3cc(-c4ccc(N(c5ccc(-c6cccc7c6oc6ccccc67)cc5)c5ccc(-n6c7ccccc7c7ccccc76)cc5)cc4)ccc32)cc1. The molecule has 0 fully saturated rings. The van der Waals surface area contributed by atoms with Gasteiger partial charge in [0.2, 0.25) is 0 Å². The number of para-hydroxylation sites is 11. The zero-order valence-corrected chi connectivity index (χ0v) is 69.5. The van der Waals surface area contributed by atoms with E-state index in [2.05, 4.69) is 477 Å². The highest BCUT2D eigenvalue weighted by Gasteiger charge is 2.23. The van der Waals surface area contributed by atoms with Gasteiger partial charge < -0.3 is 36.9 Å². The zero-order chi connectivity index (χ0) is 84.3. The predicted octanol–water partition coefficient (Wildman–Crippen LogP) is 33.2.